The van der Waals surface area contributed by atoms with Gasteiger partial charge < -0.3 is 10.2 Å². The monoisotopic (exact) mass is 255 g/mol. The molecular formula is C7H14ClN3O3S. The number of hydrogen-bond acceptors (Lipinski definition) is 5. The first-order valence-electron chi connectivity index (χ1n) is 3.75. The average Bonchev–Trinajstić information content (AvgIpc) is 2.17. The lowest BCUT2D eigenvalue weighted by molar-refractivity contribution is -0.121. The highest BCUT2D eigenvalue weighted by Crippen LogP contribution is 2.01. The number of oxime groups is 1. The fourth-order valence-corrected chi connectivity index (χ4v) is 0.952. The van der Waals surface area contributed by atoms with Gasteiger partial charge >= 0.3 is 6.09 Å². The molecule has 0 saturated carbocycles. The maximum atomic E-state index is 11.3. The van der Waals surface area contributed by atoms with Crippen molar-refractivity contribution in [3.8, 4) is 0 Å². The van der Waals surface area contributed by atoms with Gasteiger partial charge in [0.05, 0.1) is 0 Å². The zero-order chi connectivity index (χ0) is 11.1. The molecule has 0 unspecified atom stereocenters. The van der Waals surface area contributed by atoms with Gasteiger partial charge in [-0.3, -0.25) is 9.63 Å². The van der Waals surface area contributed by atoms with Crippen LogP contribution >= 0.6 is 24.2 Å². The van der Waals surface area contributed by atoms with E-state index in [4.69, 9.17) is 0 Å². The first kappa shape index (κ1) is 16.5. The van der Waals surface area contributed by atoms with Crippen molar-refractivity contribution in [3.05, 3.63) is 0 Å². The Hall–Kier alpha value is -0.950. The standard InChI is InChI=1S/C7H13N3O3S.ClH/c1-8-7(12)13-9-5(14-4)6(11)10(2)3;/h1-4H3,(H,8,12);1H. The van der Waals surface area contributed by atoms with Gasteiger partial charge in [-0.15, -0.1) is 24.2 Å². The lowest BCUT2D eigenvalue weighted by Gasteiger charge is -2.09. The molecule has 0 saturated heterocycles. The number of rotatable bonds is 1. The summed E-state index contributed by atoms with van der Waals surface area (Å²) in [6.45, 7) is 0. The van der Waals surface area contributed by atoms with E-state index in [1.807, 2.05) is 0 Å². The van der Waals surface area contributed by atoms with Gasteiger partial charge in [0.1, 0.15) is 0 Å². The van der Waals surface area contributed by atoms with Gasteiger partial charge in [-0.05, 0) is 6.26 Å². The molecule has 88 valence electrons. The third-order valence-corrected chi connectivity index (χ3v) is 1.83. The largest absolute Gasteiger partial charge is 0.433 e. The van der Waals surface area contributed by atoms with E-state index < -0.39 is 6.09 Å². The zero-order valence-electron chi connectivity index (χ0n) is 8.94. The van der Waals surface area contributed by atoms with E-state index in [0.29, 0.717) is 0 Å². The summed E-state index contributed by atoms with van der Waals surface area (Å²) in [6.07, 6.45) is 0.969. The smallest absolute Gasteiger partial charge is 0.343 e. The number of nitrogens with zero attached hydrogens (tertiary/aromatic N) is 2. The van der Waals surface area contributed by atoms with Crippen molar-refractivity contribution in [2.75, 3.05) is 27.4 Å². The van der Waals surface area contributed by atoms with E-state index in [0.717, 1.165) is 11.8 Å². The minimum absolute atomic E-state index is 0. The summed E-state index contributed by atoms with van der Waals surface area (Å²) in [5.41, 5.74) is 0. The van der Waals surface area contributed by atoms with Crippen molar-refractivity contribution in [3.63, 3.8) is 0 Å². The molecule has 0 aliphatic heterocycles. The van der Waals surface area contributed by atoms with Crippen LogP contribution in [0.15, 0.2) is 5.16 Å². The van der Waals surface area contributed by atoms with E-state index in [9.17, 15) is 9.59 Å². The Labute approximate surface area is 98.8 Å². The van der Waals surface area contributed by atoms with E-state index in [1.54, 1.807) is 20.4 Å². The zero-order valence-corrected chi connectivity index (χ0v) is 10.6. The molecule has 6 nitrogen and oxygen atoms in total. The van der Waals surface area contributed by atoms with Crippen molar-refractivity contribution in [2.24, 2.45) is 5.16 Å². The number of carbonyl (C=O) groups is 2. The summed E-state index contributed by atoms with van der Waals surface area (Å²) >= 11 is 1.11. The molecule has 15 heavy (non-hydrogen) atoms. The molecule has 0 heterocycles. The topological polar surface area (TPSA) is 71.0 Å². The molecule has 0 aliphatic carbocycles. The molecule has 8 heteroatoms. The Bertz CT molecular complexity index is 258. The molecule has 0 aromatic heterocycles. The van der Waals surface area contributed by atoms with Crippen LogP contribution in [0.5, 0.6) is 0 Å². The Kier molecular flexibility index (Phi) is 9.19. The molecular weight excluding hydrogens is 242 g/mol. The minimum Gasteiger partial charge on any atom is -0.343 e. The van der Waals surface area contributed by atoms with Crippen LogP contribution in [0.25, 0.3) is 0 Å². The second kappa shape index (κ2) is 8.37. The predicted octanol–water partition coefficient (Wildman–Crippen LogP) is 0.529. The van der Waals surface area contributed by atoms with Gasteiger partial charge in [-0.25, -0.2) is 4.79 Å². The third-order valence-electron chi connectivity index (χ3n) is 1.20. The van der Waals surface area contributed by atoms with Crippen LogP contribution in [0.4, 0.5) is 4.79 Å². The van der Waals surface area contributed by atoms with Crippen molar-refractivity contribution in [1.29, 1.82) is 0 Å². The van der Waals surface area contributed by atoms with Crippen LogP contribution in [0.2, 0.25) is 0 Å². The molecule has 0 radical (unpaired) electrons. The summed E-state index contributed by atoms with van der Waals surface area (Å²) in [4.78, 5) is 27.7. The molecule has 0 atom stereocenters. The van der Waals surface area contributed by atoms with E-state index in [1.165, 1.54) is 11.9 Å². The Morgan fingerprint density at radius 1 is 1.40 bits per heavy atom. The number of amides is 2. The Morgan fingerprint density at radius 2 is 1.93 bits per heavy atom. The van der Waals surface area contributed by atoms with Crippen LogP contribution in [0, 0.1) is 0 Å². The van der Waals surface area contributed by atoms with Gasteiger partial charge in [0.25, 0.3) is 5.91 Å². The maximum absolute atomic E-state index is 11.3. The van der Waals surface area contributed by atoms with Crippen LogP contribution in [0.3, 0.4) is 0 Å². The molecule has 0 rings (SSSR count). The second-order valence-corrected chi connectivity index (χ2v) is 3.22. The van der Waals surface area contributed by atoms with E-state index in [-0.39, 0.29) is 23.4 Å². The molecule has 1 N–H and O–H groups in total. The van der Waals surface area contributed by atoms with E-state index in [2.05, 4.69) is 15.3 Å². The predicted molar refractivity (Wildman–Crippen MR) is 62.4 cm³/mol. The Morgan fingerprint density at radius 3 is 2.27 bits per heavy atom. The fraction of sp³-hybridized carbons (Fsp3) is 0.571. The summed E-state index contributed by atoms with van der Waals surface area (Å²) in [5.74, 6) is -0.304. The molecule has 0 spiro atoms. The van der Waals surface area contributed by atoms with Crippen molar-refractivity contribution in [1.82, 2.24) is 10.2 Å². The van der Waals surface area contributed by atoms with Crippen LogP contribution < -0.4 is 5.32 Å². The highest BCUT2D eigenvalue weighted by atomic mass is 35.5. The third kappa shape index (κ3) is 6.19. The summed E-state index contributed by atoms with van der Waals surface area (Å²) < 4.78 is 0. The second-order valence-electron chi connectivity index (χ2n) is 2.43. The molecule has 0 fully saturated rings. The number of halogens is 1. The van der Waals surface area contributed by atoms with Crippen LogP contribution in [0.1, 0.15) is 0 Å². The lowest BCUT2D eigenvalue weighted by atomic mass is 10.6. The highest BCUT2D eigenvalue weighted by Gasteiger charge is 2.13. The molecule has 0 aromatic carbocycles. The fourth-order valence-electron chi connectivity index (χ4n) is 0.483. The van der Waals surface area contributed by atoms with Gasteiger partial charge in [0, 0.05) is 21.1 Å². The van der Waals surface area contributed by atoms with Crippen molar-refractivity contribution < 1.29 is 14.4 Å². The normalized spacial score (nSPS) is 10.0. The lowest BCUT2D eigenvalue weighted by Crippen LogP contribution is -2.28. The average molecular weight is 256 g/mol. The number of hydrogen-bond donors (Lipinski definition) is 1. The van der Waals surface area contributed by atoms with Gasteiger partial charge in [-0.1, -0.05) is 5.16 Å². The quantitative estimate of drug-likeness (QED) is 0.321. The van der Waals surface area contributed by atoms with E-state index >= 15 is 0 Å². The molecule has 0 aromatic rings. The maximum Gasteiger partial charge on any atom is 0.433 e. The summed E-state index contributed by atoms with van der Waals surface area (Å²) in [6, 6.07) is 0. The number of nitrogens with one attached hydrogen (secondary N) is 1. The van der Waals surface area contributed by atoms with Gasteiger partial charge in [0.2, 0.25) is 5.04 Å². The van der Waals surface area contributed by atoms with Gasteiger partial charge in [0.15, 0.2) is 0 Å². The first-order chi connectivity index (χ1) is 6.52. The molecule has 0 bridgehead atoms. The minimum atomic E-state index is -0.705. The summed E-state index contributed by atoms with van der Waals surface area (Å²) in [5, 5.41) is 5.74. The SMILES string of the molecule is CNC(=O)ON=C(SC)C(=O)N(C)C.Cl. The number of carbonyl (C=O) groups excluding carboxylic acids is 2. The summed E-state index contributed by atoms with van der Waals surface area (Å²) in [7, 11) is 4.59. The molecule has 2 amide bonds. The van der Waals surface area contributed by atoms with Crippen molar-refractivity contribution in [2.45, 2.75) is 0 Å². The first-order valence-corrected chi connectivity index (χ1v) is 4.97. The highest BCUT2D eigenvalue weighted by molar-refractivity contribution is 8.15. The van der Waals surface area contributed by atoms with Crippen LogP contribution in [-0.4, -0.2) is 49.3 Å². The van der Waals surface area contributed by atoms with Crippen LogP contribution in [-0.2, 0) is 9.63 Å². The van der Waals surface area contributed by atoms with Crippen molar-refractivity contribution >= 4 is 41.2 Å². The molecule has 0 aliphatic rings. The van der Waals surface area contributed by atoms with Gasteiger partial charge in [-0.2, -0.15) is 0 Å². The Balaban J connectivity index is 0. The number of thioether (sulfide) groups is 1.